The maximum Gasteiger partial charge on any atom is 0.340 e. The van der Waals surface area contributed by atoms with E-state index < -0.39 is 49.4 Å². The molecule has 22 nitrogen and oxygen atoms in total. The molecular weight excluding hydrogens is 1200 g/mol. The van der Waals surface area contributed by atoms with Gasteiger partial charge in [-0.15, -0.1) is 11.6 Å². The lowest BCUT2D eigenvalue weighted by atomic mass is 9.78. The topological polar surface area (TPSA) is 240 Å². The minimum atomic E-state index is -2.60. The smallest absolute Gasteiger partial charge is 0.340 e. The summed E-state index contributed by atoms with van der Waals surface area (Å²) in [6.45, 7) is 8.07. The monoisotopic (exact) mass is 1270 g/mol. The number of amides is 2. The normalized spacial score (nSPS) is 15.8. The number of para-hydroxylation sites is 2. The molecular formula is C66H79ClN6O16Si. The summed E-state index contributed by atoms with van der Waals surface area (Å²) in [4.78, 5) is 99.8. The number of ether oxygens (including phenoxy) is 9. The Morgan fingerprint density at radius 3 is 1.77 bits per heavy atom. The highest BCUT2D eigenvalue weighted by molar-refractivity contribution is 7.01. The van der Waals surface area contributed by atoms with Gasteiger partial charge >= 0.3 is 29.8 Å². The molecule has 0 bridgehead atoms. The summed E-state index contributed by atoms with van der Waals surface area (Å²) in [6.07, 6.45) is 5.25. The number of hydrogen-bond donors (Lipinski definition) is 2. The lowest BCUT2D eigenvalue weighted by Crippen LogP contribution is -2.63. The molecule has 1 spiro atoms. The van der Waals surface area contributed by atoms with Gasteiger partial charge in [-0.2, -0.15) is 0 Å². The molecule has 4 aliphatic rings. The van der Waals surface area contributed by atoms with E-state index in [4.69, 9.17) is 54.2 Å². The van der Waals surface area contributed by atoms with Crippen LogP contribution in [0.4, 0.5) is 28.4 Å². The van der Waals surface area contributed by atoms with E-state index in [1.807, 2.05) is 12.1 Å². The number of hydrogen-bond acceptors (Lipinski definition) is 20. The molecule has 5 aromatic carbocycles. The molecule has 2 N–H and O–H groups in total. The Morgan fingerprint density at radius 1 is 0.611 bits per heavy atom. The molecule has 2 fully saturated rings. The molecule has 0 saturated carbocycles. The number of fused-ring (bicyclic) bond motifs is 6. The van der Waals surface area contributed by atoms with Gasteiger partial charge in [-0.1, -0.05) is 50.2 Å². The van der Waals surface area contributed by atoms with Crippen LogP contribution in [-0.2, 0) is 62.7 Å². The molecule has 2 saturated heterocycles. The Hall–Kier alpha value is -8.38. The summed E-state index contributed by atoms with van der Waals surface area (Å²) in [6, 6.07) is 29.5. The van der Waals surface area contributed by atoms with E-state index >= 15 is 0 Å². The summed E-state index contributed by atoms with van der Waals surface area (Å²) in [5.41, 5.74) is 4.87. The number of unbranched alkanes of at least 4 members (excludes halogenated alkanes) is 3. The van der Waals surface area contributed by atoms with Gasteiger partial charge in [-0.05, 0) is 96.4 Å². The van der Waals surface area contributed by atoms with Crippen molar-refractivity contribution in [3.05, 3.63) is 125 Å². The van der Waals surface area contributed by atoms with Crippen molar-refractivity contribution in [1.82, 2.24) is 5.32 Å². The number of carbonyl (C=O) groups is 7. The molecule has 4 heterocycles. The standard InChI is InChI=1S/C66H79ClN6O16Si/c1-81-59(74)40-72(41-60(75)82-2)53-14-9-10-15-55(53)87-32-33-88-56-35-46(17-23-54(56)73(42-61(76)83-3)43-62(77)84-4)69-64(79)45-38-71(39-45)48-19-22-51-58(37-48)90(5,6)57-36-47(70-26-13-27-70)18-21-50(57)66(51)52-34-44(16-20-49(52)65(80)89-66)63(78)68-25-29-86-31-30-85-28-12-8-7-11-24-67/h9-10,14-23,34-37,45H,7-8,11-13,24-33,38-43H2,1-6H3,(H,68,78)(H,69,79). The highest BCUT2D eigenvalue weighted by atomic mass is 35.5. The third-order valence-electron chi connectivity index (χ3n) is 16.7. The zero-order valence-electron chi connectivity index (χ0n) is 51.9. The number of nitrogens with one attached hydrogen (secondary N) is 2. The van der Waals surface area contributed by atoms with E-state index in [0.717, 1.165) is 78.1 Å². The molecule has 90 heavy (non-hydrogen) atoms. The van der Waals surface area contributed by atoms with Crippen molar-refractivity contribution < 1.29 is 76.2 Å². The second kappa shape index (κ2) is 30.4. The number of nitrogens with zero attached hydrogens (tertiary/aromatic N) is 4. The summed E-state index contributed by atoms with van der Waals surface area (Å²) >= 11 is 5.77. The second-order valence-electron chi connectivity index (χ2n) is 22.8. The summed E-state index contributed by atoms with van der Waals surface area (Å²) < 4.78 is 50.3. The van der Waals surface area contributed by atoms with Crippen molar-refractivity contribution in [2.45, 2.75) is 50.8 Å². The van der Waals surface area contributed by atoms with Crippen molar-refractivity contribution in [1.29, 1.82) is 0 Å². The second-order valence-corrected chi connectivity index (χ2v) is 27.5. The molecule has 480 valence electrons. The Morgan fingerprint density at radius 2 is 1.18 bits per heavy atom. The van der Waals surface area contributed by atoms with E-state index in [-0.39, 0.29) is 63.5 Å². The number of esters is 5. The number of alkyl halides is 1. The first-order valence-electron chi connectivity index (χ1n) is 30.3. The summed E-state index contributed by atoms with van der Waals surface area (Å²) in [7, 11) is 2.35. The van der Waals surface area contributed by atoms with Gasteiger partial charge in [0.25, 0.3) is 5.91 Å². The Kier molecular flexibility index (Phi) is 22.3. The molecule has 5 aromatic rings. The van der Waals surface area contributed by atoms with Gasteiger partial charge in [-0.25, -0.2) is 4.79 Å². The average molecular weight is 1280 g/mol. The minimum Gasteiger partial charge on any atom is -0.488 e. The molecule has 0 aromatic heterocycles. The predicted molar refractivity (Wildman–Crippen MR) is 342 cm³/mol. The maximum absolute atomic E-state index is 14.2. The molecule has 1 unspecified atom stereocenters. The van der Waals surface area contributed by atoms with E-state index in [0.29, 0.717) is 84.9 Å². The molecule has 1 atom stereocenters. The Bertz CT molecular complexity index is 3400. The van der Waals surface area contributed by atoms with E-state index in [2.05, 4.69) is 57.8 Å². The first kappa shape index (κ1) is 66.0. The van der Waals surface area contributed by atoms with Crippen molar-refractivity contribution in [2.24, 2.45) is 5.92 Å². The third kappa shape index (κ3) is 15.1. The Balaban J connectivity index is 0.916. The van der Waals surface area contributed by atoms with Gasteiger partial charge in [-0.3, -0.25) is 28.8 Å². The van der Waals surface area contributed by atoms with Gasteiger partial charge in [0, 0.05) is 90.6 Å². The number of carbonyl (C=O) groups excluding carboxylic acids is 7. The largest absolute Gasteiger partial charge is 0.488 e. The molecule has 0 radical (unpaired) electrons. The first-order chi connectivity index (χ1) is 43.5. The van der Waals surface area contributed by atoms with Gasteiger partial charge in [0.15, 0.2) is 5.60 Å². The van der Waals surface area contributed by atoms with Crippen molar-refractivity contribution in [3.8, 4) is 11.5 Å². The van der Waals surface area contributed by atoms with Crippen LogP contribution in [0.25, 0.3) is 0 Å². The molecule has 9 rings (SSSR count). The van der Waals surface area contributed by atoms with Crippen LogP contribution in [-0.4, -0.2) is 183 Å². The van der Waals surface area contributed by atoms with Crippen LogP contribution in [0.2, 0.25) is 13.1 Å². The zero-order chi connectivity index (χ0) is 64.0. The van der Waals surface area contributed by atoms with Crippen LogP contribution in [0.15, 0.2) is 97.1 Å². The lowest BCUT2D eigenvalue weighted by Gasteiger charge is -2.46. The molecule has 0 aliphatic carbocycles. The minimum absolute atomic E-state index is 0.0533. The Labute approximate surface area is 530 Å². The van der Waals surface area contributed by atoms with Crippen LogP contribution in [0.3, 0.4) is 0 Å². The number of halogens is 1. The summed E-state index contributed by atoms with van der Waals surface area (Å²) in [5.74, 6) is -2.71. The third-order valence-corrected chi connectivity index (χ3v) is 20.5. The quantitative estimate of drug-likeness (QED) is 0.0168. The van der Waals surface area contributed by atoms with Crippen LogP contribution in [0.1, 0.15) is 69.5 Å². The van der Waals surface area contributed by atoms with E-state index in [1.54, 1.807) is 60.7 Å². The summed E-state index contributed by atoms with van der Waals surface area (Å²) in [5, 5.41) is 8.22. The van der Waals surface area contributed by atoms with Crippen LogP contribution in [0, 0.1) is 5.92 Å². The van der Waals surface area contributed by atoms with Gasteiger partial charge in [0.05, 0.1) is 71.1 Å². The SMILES string of the molecule is COC(=O)CN(CC(=O)OC)c1ccccc1OCCOc1cc(NC(=O)C2CN(c3ccc4c(c3)[Si](C)(C)c3cc(N5CCC5)ccc3C43OC(=O)c4ccc(C(=O)NCCOCCOCCCCCCCl)cc43)C2)ccc1N(CC(=O)OC)CC(=O)OC. The van der Waals surface area contributed by atoms with Crippen LogP contribution < -0.4 is 50.1 Å². The first-order valence-corrected chi connectivity index (χ1v) is 33.8. The highest BCUT2D eigenvalue weighted by Crippen LogP contribution is 2.50. The zero-order valence-corrected chi connectivity index (χ0v) is 53.6. The molecule has 2 amide bonds. The molecule has 24 heteroatoms. The fourth-order valence-electron chi connectivity index (χ4n) is 11.6. The maximum atomic E-state index is 14.2. The van der Waals surface area contributed by atoms with Crippen molar-refractivity contribution in [3.63, 3.8) is 0 Å². The molecule has 4 aliphatic heterocycles. The van der Waals surface area contributed by atoms with Gasteiger partial charge in [0.2, 0.25) is 5.91 Å². The number of rotatable bonds is 32. The lowest BCUT2D eigenvalue weighted by molar-refractivity contribution is -0.141. The van der Waals surface area contributed by atoms with Gasteiger partial charge in [0.1, 0.15) is 59.0 Å². The van der Waals surface area contributed by atoms with E-state index in [1.165, 1.54) is 38.2 Å². The number of methoxy groups -OCH3 is 4. The van der Waals surface area contributed by atoms with Crippen molar-refractivity contribution in [2.75, 3.05) is 158 Å². The average Bonchev–Trinajstić information content (AvgIpc) is 1.35. The predicted octanol–water partition coefficient (Wildman–Crippen LogP) is 5.89. The fraction of sp³-hybridized carbons (Fsp3) is 0.439. The van der Waals surface area contributed by atoms with E-state index in [9.17, 15) is 33.6 Å². The number of benzene rings is 5. The van der Waals surface area contributed by atoms with Crippen LogP contribution >= 0.6 is 11.6 Å². The van der Waals surface area contributed by atoms with Crippen LogP contribution in [0.5, 0.6) is 11.5 Å². The fourth-order valence-corrected chi connectivity index (χ4v) is 15.0. The van der Waals surface area contributed by atoms with Crippen molar-refractivity contribution >= 4 is 100 Å². The van der Waals surface area contributed by atoms with Gasteiger partial charge < -0.3 is 72.9 Å². The number of anilines is 5. The highest BCUT2D eigenvalue weighted by Gasteiger charge is 2.56.